The molecule has 2 atom stereocenters. The molecule has 2 bridgehead atoms. The molecule has 1 heterocycles. The normalized spacial score (nSPS) is 31.1. The molecule has 64 valence electrons. The minimum absolute atomic E-state index is 0.686. The maximum Gasteiger partial charge on any atom is 0.143 e. The number of hydrogen-bond donors (Lipinski definition) is 1. The summed E-state index contributed by atoms with van der Waals surface area (Å²) in [4.78, 5) is 0. The summed E-state index contributed by atoms with van der Waals surface area (Å²) in [6, 6.07) is 0. The highest BCUT2D eigenvalue weighted by Crippen LogP contribution is 2.54. The van der Waals surface area contributed by atoms with Gasteiger partial charge in [0.15, 0.2) is 0 Å². The number of nitrogens with zero attached hydrogens (tertiary/aromatic N) is 1. The second-order valence-corrected chi connectivity index (χ2v) is 4.09. The summed E-state index contributed by atoms with van der Waals surface area (Å²) in [5.41, 5.74) is 2.49. The highest BCUT2D eigenvalue weighted by molar-refractivity contribution is 7.79. The lowest BCUT2D eigenvalue weighted by molar-refractivity contribution is 0.360. The van der Waals surface area contributed by atoms with Crippen LogP contribution in [-0.4, -0.2) is 5.16 Å². The molecule has 1 aromatic rings. The van der Waals surface area contributed by atoms with Crippen molar-refractivity contribution >= 4 is 12.6 Å². The fourth-order valence-corrected chi connectivity index (χ4v) is 2.90. The molecule has 0 amide bonds. The monoisotopic (exact) mass is 181 g/mol. The highest BCUT2D eigenvalue weighted by atomic mass is 32.1. The van der Waals surface area contributed by atoms with E-state index in [1.807, 2.05) is 0 Å². The van der Waals surface area contributed by atoms with Crippen molar-refractivity contribution in [1.29, 1.82) is 0 Å². The average molecular weight is 181 g/mol. The van der Waals surface area contributed by atoms with E-state index >= 15 is 0 Å². The fourth-order valence-electron chi connectivity index (χ4n) is 2.67. The van der Waals surface area contributed by atoms with Gasteiger partial charge in [-0.2, -0.15) is 12.6 Å². The number of hydrogen-bond acceptors (Lipinski definition) is 3. The summed E-state index contributed by atoms with van der Waals surface area (Å²) in [5, 5.41) is 4.05. The molecule has 0 aliphatic heterocycles. The van der Waals surface area contributed by atoms with Crippen LogP contribution in [0.25, 0.3) is 0 Å². The van der Waals surface area contributed by atoms with Gasteiger partial charge in [0, 0.05) is 17.2 Å². The van der Waals surface area contributed by atoms with Crippen LogP contribution in [0.15, 0.2) is 4.52 Å². The van der Waals surface area contributed by atoms with Crippen LogP contribution in [0, 0.1) is 0 Å². The zero-order chi connectivity index (χ0) is 8.13. The second kappa shape index (κ2) is 2.28. The topological polar surface area (TPSA) is 26.0 Å². The van der Waals surface area contributed by atoms with Crippen molar-refractivity contribution in [2.24, 2.45) is 0 Å². The van der Waals surface area contributed by atoms with E-state index in [9.17, 15) is 0 Å². The van der Waals surface area contributed by atoms with Gasteiger partial charge in [-0.15, -0.1) is 0 Å². The Morgan fingerprint density at radius 2 is 2.25 bits per heavy atom. The van der Waals surface area contributed by atoms with Crippen molar-refractivity contribution in [3.8, 4) is 0 Å². The van der Waals surface area contributed by atoms with Crippen LogP contribution < -0.4 is 0 Å². The first-order valence-corrected chi connectivity index (χ1v) is 5.12. The Morgan fingerprint density at radius 1 is 1.42 bits per heavy atom. The van der Waals surface area contributed by atoms with Gasteiger partial charge >= 0.3 is 0 Å². The van der Waals surface area contributed by atoms with Crippen molar-refractivity contribution in [2.75, 3.05) is 0 Å². The predicted molar refractivity (Wildman–Crippen MR) is 48.5 cm³/mol. The summed E-state index contributed by atoms with van der Waals surface area (Å²) < 4.78 is 5.33. The maximum atomic E-state index is 5.33. The number of thiol groups is 1. The summed E-state index contributed by atoms with van der Waals surface area (Å²) in [6.45, 7) is 0. The molecule has 0 saturated heterocycles. The molecule has 12 heavy (non-hydrogen) atoms. The van der Waals surface area contributed by atoms with Gasteiger partial charge in [-0.1, -0.05) is 5.16 Å². The first-order valence-electron chi connectivity index (χ1n) is 4.49. The largest absolute Gasteiger partial charge is 0.361 e. The molecule has 0 N–H and O–H groups in total. The molecule has 1 fully saturated rings. The van der Waals surface area contributed by atoms with Crippen LogP contribution in [0.5, 0.6) is 0 Å². The molecule has 0 spiro atoms. The van der Waals surface area contributed by atoms with E-state index in [2.05, 4.69) is 17.8 Å². The van der Waals surface area contributed by atoms with E-state index in [4.69, 9.17) is 4.52 Å². The van der Waals surface area contributed by atoms with Gasteiger partial charge in [-0.05, 0) is 25.2 Å². The smallest absolute Gasteiger partial charge is 0.143 e. The Kier molecular flexibility index (Phi) is 1.33. The van der Waals surface area contributed by atoms with Gasteiger partial charge in [0.1, 0.15) is 5.76 Å². The Bertz CT molecular complexity index is 320. The molecule has 3 rings (SSSR count). The van der Waals surface area contributed by atoms with Gasteiger partial charge in [-0.3, -0.25) is 0 Å². The lowest BCUT2D eigenvalue weighted by Crippen LogP contribution is -1.96. The van der Waals surface area contributed by atoms with E-state index in [-0.39, 0.29) is 0 Å². The standard InChI is InChI=1S/C9H11NOS/c12-4-7-8-5-1-2-6(3-5)9(8)11-10-7/h5-6,12H,1-4H2. The van der Waals surface area contributed by atoms with E-state index < -0.39 is 0 Å². The summed E-state index contributed by atoms with van der Waals surface area (Å²) in [7, 11) is 0. The molecule has 0 radical (unpaired) electrons. The highest BCUT2D eigenvalue weighted by Gasteiger charge is 2.42. The Labute approximate surface area is 76.7 Å². The first-order chi connectivity index (χ1) is 5.90. The number of rotatable bonds is 1. The number of aromatic nitrogens is 1. The van der Waals surface area contributed by atoms with Crippen LogP contribution in [0.4, 0.5) is 0 Å². The van der Waals surface area contributed by atoms with Crippen LogP contribution >= 0.6 is 12.6 Å². The van der Waals surface area contributed by atoms with Crippen LogP contribution in [0.3, 0.4) is 0 Å². The third kappa shape index (κ3) is 0.703. The lowest BCUT2D eigenvalue weighted by Gasteiger charge is -2.07. The van der Waals surface area contributed by atoms with E-state index in [1.165, 1.54) is 30.6 Å². The SMILES string of the molecule is SCc1noc2c1C1CCC2C1. The molecule has 2 nitrogen and oxygen atoms in total. The zero-order valence-electron chi connectivity index (χ0n) is 6.79. The van der Waals surface area contributed by atoms with Crippen molar-refractivity contribution in [1.82, 2.24) is 5.16 Å². The van der Waals surface area contributed by atoms with Gasteiger partial charge in [0.2, 0.25) is 0 Å². The van der Waals surface area contributed by atoms with E-state index in [1.54, 1.807) is 0 Å². The van der Waals surface area contributed by atoms with E-state index in [0.29, 0.717) is 5.92 Å². The Balaban J connectivity index is 2.16. The molecule has 2 aliphatic rings. The molecule has 2 unspecified atom stereocenters. The summed E-state index contributed by atoms with van der Waals surface area (Å²) >= 11 is 4.25. The summed E-state index contributed by atoms with van der Waals surface area (Å²) in [5.74, 6) is 3.34. The van der Waals surface area contributed by atoms with Gasteiger partial charge in [0.05, 0.1) is 5.69 Å². The minimum Gasteiger partial charge on any atom is -0.361 e. The van der Waals surface area contributed by atoms with Gasteiger partial charge in [-0.25, -0.2) is 0 Å². The molecule has 0 aromatic carbocycles. The maximum absolute atomic E-state index is 5.33. The first kappa shape index (κ1) is 7.01. The Hall–Kier alpha value is -0.440. The molecule has 1 aromatic heterocycles. The van der Waals surface area contributed by atoms with Crippen molar-refractivity contribution in [3.05, 3.63) is 17.0 Å². The predicted octanol–water partition coefficient (Wildman–Crippen LogP) is 2.47. The molecular formula is C9H11NOS. The summed E-state index contributed by atoms with van der Waals surface area (Å²) in [6.07, 6.45) is 3.94. The fraction of sp³-hybridized carbons (Fsp3) is 0.667. The van der Waals surface area contributed by atoms with E-state index in [0.717, 1.165) is 17.4 Å². The lowest BCUT2D eigenvalue weighted by atomic mass is 9.97. The van der Waals surface area contributed by atoms with Gasteiger partial charge < -0.3 is 4.52 Å². The third-order valence-electron chi connectivity index (χ3n) is 3.19. The van der Waals surface area contributed by atoms with Crippen LogP contribution in [0.1, 0.15) is 48.1 Å². The van der Waals surface area contributed by atoms with Crippen molar-refractivity contribution < 1.29 is 4.52 Å². The molecule has 3 heteroatoms. The zero-order valence-corrected chi connectivity index (χ0v) is 7.68. The van der Waals surface area contributed by atoms with Crippen LogP contribution in [0.2, 0.25) is 0 Å². The van der Waals surface area contributed by atoms with Crippen LogP contribution in [-0.2, 0) is 5.75 Å². The molecule has 1 saturated carbocycles. The Morgan fingerprint density at radius 3 is 3.08 bits per heavy atom. The number of fused-ring (bicyclic) bond motifs is 5. The third-order valence-corrected chi connectivity index (χ3v) is 3.49. The van der Waals surface area contributed by atoms with Gasteiger partial charge in [0.25, 0.3) is 0 Å². The minimum atomic E-state index is 0.686. The van der Waals surface area contributed by atoms with Crippen molar-refractivity contribution in [3.63, 3.8) is 0 Å². The van der Waals surface area contributed by atoms with Crippen molar-refractivity contribution in [2.45, 2.75) is 36.9 Å². The quantitative estimate of drug-likeness (QED) is 0.673. The average Bonchev–Trinajstić information content (AvgIpc) is 2.76. The molecular weight excluding hydrogens is 170 g/mol. The second-order valence-electron chi connectivity index (χ2n) is 3.77. The molecule has 2 aliphatic carbocycles.